The van der Waals surface area contributed by atoms with Crippen LogP contribution in [-0.4, -0.2) is 5.78 Å². The fourth-order valence-corrected chi connectivity index (χ4v) is 5.32. The molecule has 0 aliphatic heterocycles. The van der Waals surface area contributed by atoms with Crippen LogP contribution in [0.1, 0.15) is 89.7 Å². The molecule has 0 atom stereocenters. The molecular weight excluding hydrogens is 424 g/mol. The van der Waals surface area contributed by atoms with Crippen molar-refractivity contribution in [1.29, 1.82) is 0 Å². The van der Waals surface area contributed by atoms with E-state index in [2.05, 4.69) is 99.7 Å². The minimum Gasteiger partial charge on any atom is -0.294 e. The van der Waals surface area contributed by atoms with Crippen molar-refractivity contribution >= 4 is 17.9 Å². The second kappa shape index (κ2) is 13.8. The molecule has 184 valence electrons. The van der Waals surface area contributed by atoms with Gasteiger partial charge in [0.05, 0.1) is 5.41 Å². The van der Waals surface area contributed by atoms with E-state index in [0.717, 1.165) is 37.7 Å². The molecule has 1 nitrogen and oxygen atoms in total. The van der Waals surface area contributed by atoms with Gasteiger partial charge in [-0.15, -0.1) is 0 Å². The summed E-state index contributed by atoms with van der Waals surface area (Å²) in [6.45, 7) is 6.60. The Hall–Kier alpha value is -2.93. The molecule has 0 heterocycles. The van der Waals surface area contributed by atoms with E-state index >= 15 is 0 Å². The van der Waals surface area contributed by atoms with Crippen LogP contribution in [0, 0.1) is 5.41 Å². The minimum absolute atomic E-state index is 0.340. The summed E-state index contributed by atoms with van der Waals surface area (Å²) in [6, 6.07) is 20.8. The van der Waals surface area contributed by atoms with Crippen molar-refractivity contribution in [3.63, 3.8) is 0 Å². The maximum Gasteiger partial charge on any atom is 0.170 e. The van der Waals surface area contributed by atoms with Gasteiger partial charge >= 0.3 is 0 Å². The topological polar surface area (TPSA) is 17.1 Å². The SMILES string of the molecule is CCCCCC/C=C1/C(CC)=C(CC)C(=O)C1(C/C=C/c1ccccc1)C/C=C/c1ccccc1. The van der Waals surface area contributed by atoms with Crippen molar-refractivity contribution in [3.8, 4) is 0 Å². The molecule has 1 aliphatic carbocycles. The predicted molar refractivity (Wildman–Crippen MR) is 152 cm³/mol. The number of hydrogen-bond donors (Lipinski definition) is 0. The monoisotopic (exact) mass is 466 g/mol. The summed E-state index contributed by atoms with van der Waals surface area (Å²) in [6.07, 6.45) is 20.4. The highest BCUT2D eigenvalue weighted by molar-refractivity contribution is 6.08. The van der Waals surface area contributed by atoms with Gasteiger partial charge in [-0.2, -0.15) is 0 Å². The quantitative estimate of drug-likeness (QED) is 0.268. The zero-order valence-electron chi connectivity index (χ0n) is 21.9. The van der Waals surface area contributed by atoms with Crippen LogP contribution in [0.3, 0.4) is 0 Å². The van der Waals surface area contributed by atoms with Gasteiger partial charge in [-0.25, -0.2) is 0 Å². The molecule has 0 spiro atoms. The van der Waals surface area contributed by atoms with Crippen molar-refractivity contribution in [2.75, 3.05) is 0 Å². The predicted octanol–water partition coefficient (Wildman–Crippen LogP) is 9.78. The lowest BCUT2D eigenvalue weighted by Gasteiger charge is -2.29. The largest absolute Gasteiger partial charge is 0.294 e. The Morgan fingerprint density at radius 1 is 0.686 bits per heavy atom. The van der Waals surface area contributed by atoms with E-state index in [1.165, 1.54) is 48.0 Å². The first kappa shape index (κ1) is 26.7. The van der Waals surface area contributed by atoms with E-state index in [1.807, 2.05) is 12.1 Å². The zero-order chi connectivity index (χ0) is 24.9. The van der Waals surface area contributed by atoms with Crippen molar-refractivity contribution in [1.82, 2.24) is 0 Å². The smallest absolute Gasteiger partial charge is 0.170 e. The van der Waals surface area contributed by atoms with Crippen LogP contribution in [-0.2, 0) is 4.79 Å². The summed E-state index contributed by atoms with van der Waals surface area (Å²) >= 11 is 0. The third-order valence-electron chi connectivity index (χ3n) is 7.18. The van der Waals surface area contributed by atoms with E-state index in [4.69, 9.17) is 0 Å². The van der Waals surface area contributed by atoms with Crippen molar-refractivity contribution < 1.29 is 4.79 Å². The van der Waals surface area contributed by atoms with Gasteiger partial charge in [-0.05, 0) is 66.4 Å². The summed E-state index contributed by atoms with van der Waals surface area (Å²) in [5.74, 6) is 0.340. The number of carbonyl (C=O) groups excluding carboxylic acids is 1. The first-order valence-electron chi connectivity index (χ1n) is 13.6. The number of Topliss-reactive ketones (excluding diaryl/α,β-unsaturated/α-hetero) is 1. The van der Waals surface area contributed by atoms with Gasteiger partial charge in [0.1, 0.15) is 0 Å². The van der Waals surface area contributed by atoms with Crippen LogP contribution in [0.25, 0.3) is 12.2 Å². The number of unbranched alkanes of at least 4 members (excludes halogenated alkanes) is 4. The number of allylic oxidation sites excluding steroid dienone is 6. The fourth-order valence-electron chi connectivity index (χ4n) is 5.32. The number of carbonyl (C=O) groups is 1. The van der Waals surface area contributed by atoms with Crippen LogP contribution in [0.4, 0.5) is 0 Å². The van der Waals surface area contributed by atoms with Crippen LogP contribution in [0.5, 0.6) is 0 Å². The molecule has 35 heavy (non-hydrogen) atoms. The van der Waals surface area contributed by atoms with Gasteiger partial charge in [0.25, 0.3) is 0 Å². The molecule has 3 rings (SSSR count). The van der Waals surface area contributed by atoms with Crippen LogP contribution in [0.2, 0.25) is 0 Å². The molecule has 0 unspecified atom stereocenters. The van der Waals surface area contributed by atoms with Gasteiger partial charge in [-0.3, -0.25) is 4.79 Å². The summed E-state index contributed by atoms with van der Waals surface area (Å²) in [4.78, 5) is 14.1. The van der Waals surface area contributed by atoms with Gasteiger partial charge < -0.3 is 0 Å². The average Bonchev–Trinajstić information content (AvgIpc) is 3.11. The van der Waals surface area contributed by atoms with Gasteiger partial charge in [0, 0.05) is 0 Å². The Morgan fingerprint density at radius 2 is 1.23 bits per heavy atom. The molecule has 2 aromatic rings. The Bertz CT molecular complexity index is 999. The molecule has 0 N–H and O–H groups in total. The van der Waals surface area contributed by atoms with E-state index < -0.39 is 5.41 Å². The third-order valence-corrected chi connectivity index (χ3v) is 7.18. The Balaban J connectivity index is 1.97. The van der Waals surface area contributed by atoms with Crippen molar-refractivity contribution in [2.45, 2.75) is 78.6 Å². The lowest BCUT2D eigenvalue weighted by Crippen LogP contribution is -2.29. The highest BCUT2D eigenvalue weighted by atomic mass is 16.1. The van der Waals surface area contributed by atoms with E-state index in [9.17, 15) is 4.79 Å². The molecule has 0 aromatic heterocycles. The third kappa shape index (κ3) is 6.82. The maximum absolute atomic E-state index is 14.1. The molecule has 1 heteroatoms. The standard InChI is InChI=1S/C34H42O/c1-4-7-8-9-16-25-32-30(5-2)31(6-3)33(35)34(32,26-17-23-28-19-12-10-13-20-28)27-18-24-29-21-14-11-15-22-29/h10-15,17-25H,4-9,16,26-27H2,1-3H3/b23-17+,24-18+,32-25-. The number of rotatable bonds is 13. The molecule has 0 amide bonds. The highest BCUT2D eigenvalue weighted by Crippen LogP contribution is 2.51. The molecule has 1 aliphatic rings. The molecule has 0 fully saturated rings. The Kier molecular flexibility index (Phi) is 10.5. The number of ketones is 1. The normalized spacial score (nSPS) is 16.9. The van der Waals surface area contributed by atoms with Gasteiger partial charge in [0.15, 0.2) is 5.78 Å². The summed E-state index contributed by atoms with van der Waals surface area (Å²) in [5.41, 5.74) is 5.50. The second-order valence-corrected chi connectivity index (χ2v) is 9.58. The molecule has 0 saturated carbocycles. The highest BCUT2D eigenvalue weighted by Gasteiger charge is 2.47. The van der Waals surface area contributed by atoms with Crippen molar-refractivity contribution in [2.24, 2.45) is 5.41 Å². The minimum atomic E-state index is -0.502. The summed E-state index contributed by atoms with van der Waals surface area (Å²) < 4.78 is 0. The number of hydrogen-bond acceptors (Lipinski definition) is 1. The van der Waals surface area contributed by atoms with E-state index in [-0.39, 0.29) is 0 Å². The second-order valence-electron chi connectivity index (χ2n) is 9.58. The Morgan fingerprint density at radius 3 is 1.71 bits per heavy atom. The van der Waals surface area contributed by atoms with Crippen LogP contribution in [0.15, 0.2) is 95.6 Å². The molecule has 0 saturated heterocycles. The van der Waals surface area contributed by atoms with E-state index in [0.29, 0.717) is 5.78 Å². The van der Waals surface area contributed by atoms with Gasteiger partial charge in [-0.1, -0.05) is 131 Å². The average molecular weight is 467 g/mol. The summed E-state index contributed by atoms with van der Waals surface area (Å²) in [7, 11) is 0. The van der Waals surface area contributed by atoms with Gasteiger partial charge in [0.2, 0.25) is 0 Å². The maximum atomic E-state index is 14.1. The first-order valence-corrected chi connectivity index (χ1v) is 13.6. The van der Waals surface area contributed by atoms with Crippen LogP contribution >= 0.6 is 0 Å². The Labute approximate surface area is 213 Å². The first-order chi connectivity index (χ1) is 17.2. The molecule has 0 radical (unpaired) electrons. The summed E-state index contributed by atoms with van der Waals surface area (Å²) in [5, 5.41) is 0. The molecular formula is C34H42O. The lowest BCUT2D eigenvalue weighted by molar-refractivity contribution is -0.122. The van der Waals surface area contributed by atoms with E-state index in [1.54, 1.807) is 0 Å². The zero-order valence-corrected chi connectivity index (χ0v) is 21.9. The van der Waals surface area contributed by atoms with Crippen molar-refractivity contribution in [3.05, 3.63) is 107 Å². The molecule has 0 bridgehead atoms. The van der Waals surface area contributed by atoms with Crippen LogP contribution < -0.4 is 0 Å². The molecule has 2 aromatic carbocycles. The number of benzene rings is 2. The fraction of sp³-hybridized carbons (Fsp3) is 0.382. The lowest BCUT2D eigenvalue weighted by atomic mass is 9.72.